The van der Waals surface area contributed by atoms with E-state index in [0.29, 0.717) is 12.1 Å². The molecule has 1 aliphatic heterocycles. The van der Waals surface area contributed by atoms with E-state index in [-0.39, 0.29) is 0 Å². The van der Waals surface area contributed by atoms with Gasteiger partial charge in [0, 0.05) is 18.0 Å². The minimum atomic E-state index is 0.316. The van der Waals surface area contributed by atoms with Crippen molar-refractivity contribution in [2.75, 3.05) is 26.2 Å². The Bertz CT molecular complexity index is 397. The molecule has 3 nitrogen and oxygen atoms in total. The Labute approximate surface area is 113 Å². The van der Waals surface area contributed by atoms with Crippen LogP contribution in [0.15, 0.2) is 18.2 Å². The average Bonchev–Trinajstić information content (AvgIpc) is 2.43. The normalized spacial score (nSPS) is 22.2. The summed E-state index contributed by atoms with van der Waals surface area (Å²) >= 11 is 1.87. The Morgan fingerprint density at radius 2 is 2.33 bits per heavy atom. The van der Waals surface area contributed by atoms with Gasteiger partial charge in [0.05, 0.1) is 7.11 Å². The highest BCUT2D eigenvalue weighted by Crippen LogP contribution is 2.37. The molecule has 1 aliphatic rings. The fourth-order valence-corrected chi connectivity index (χ4v) is 2.85. The van der Waals surface area contributed by atoms with Crippen LogP contribution in [0.5, 0.6) is 11.5 Å². The third-order valence-electron chi connectivity index (χ3n) is 3.38. The van der Waals surface area contributed by atoms with Crippen LogP contribution in [-0.4, -0.2) is 32.3 Å². The lowest BCUT2D eigenvalue weighted by molar-refractivity contribution is 0.149. The molecule has 4 heteroatoms. The largest absolute Gasteiger partial charge is 0.497 e. The lowest BCUT2D eigenvalue weighted by atomic mass is 9.95. The van der Waals surface area contributed by atoms with Gasteiger partial charge in [-0.15, -0.1) is 0 Å². The van der Waals surface area contributed by atoms with Gasteiger partial charge in [-0.2, -0.15) is 11.8 Å². The lowest BCUT2D eigenvalue weighted by Gasteiger charge is -2.32. The van der Waals surface area contributed by atoms with Gasteiger partial charge >= 0.3 is 0 Å². The van der Waals surface area contributed by atoms with Crippen molar-refractivity contribution in [3.05, 3.63) is 23.8 Å². The maximum atomic E-state index is 6.06. The number of thioether (sulfide) groups is 1. The minimum Gasteiger partial charge on any atom is -0.497 e. The molecule has 2 atom stereocenters. The first-order chi connectivity index (χ1) is 8.78. The monoisotopic (exact) mass is 267 g/mol. The minimum absolute atomic E-state index is 0.316. The molecule has 1 aromatic rings. The van der Waals surface area contributed by atoms with Crippen LogP contribution in [0, 0.1) is 0 Å². The zero-order chi connectivity index (χ0) is 13.0. The third kappa shape index (κ3) is 2.93. The predicted octanol–water partition coefficient (Wildman–Crippen LogP) is 2.86. The van der Waals surface area contributed by atoms with E-state index in [2.05, 4.69) is 17.6 Å². The maximum Gasteiger partial charge on any atom is 0.124 e. The summed E-state index contributed by atoms with van der Waals surface area (Å²) in [6.45, 7) is 0. The van der Waals surface area contributed by atoms with Gasteiger partial charge < -0.3 is 14.8 Å². The summed E-state index contributed by atoms with van der Waals surface area (Å²) < 4.78 is 11.3. The van der Waals surface area contributed by atoms with Crippen LogP contribution < -0.4 is 14.8 Å². The van der Waals surface area contributed by atoms with Gasteiger partial charge in [-0.25, -0.2) is 0 Å². The predicted molar refractivity (Wildman–Crippen MR) is 76.8 cm³/mol. The highest BCUT2D eigenvalue weighted by atomic mass is 32.2. The van der Waals surface area contributed by atoms with Gasteiger partial charge in [0.1, 0.15) is 17.6 Å². The highest BCUT2D eigenvalue weighted by Gasteiger charge is 2.27. The van der Waals surface area contributed by atoms with E-state index in [1.54, 1.807) is 7.11 Å². The molecular weight excluding hydrogens is 246 g/mol. The standard InChI is InChI=1S/C14H21NO2S/c1-15-13-9-11(6-7-18-3)17-14-5-4-10(16-2)8-12(13)14/h4-5,8,11,13,15H,6-7,9H2,1-3H3. The SMILES string of the molecule is CNC1CC(CCSC)Oc2ccc(OC)cc21. The Kier molecular flexibility index (Phi) is 4.78. The van der Waals surface area contributed by atoms with Gasteiger partial charge in [0.25, 0.3) is 0 Å². The molecule has 1 N–H and O–H groups in total. The number of ether oxygens (including phenoxy) is 2. The molecule has 0 saturated heterocycles. The van der Waals surface area contributed by atoms with Crippen molar-refractivity contribution >= 4 is 11.8 Å². The summed E-state index contributed by atoms with van der Waals surface area (Å²) in [5, 5.41) is 3.38. The molecular formula is C14H21NO2S. The van der Waals surface area contributed by atoms with Gasteiger partial charge in [0.15, 0.2) is 0 Å². The van der Waals surface area contributed by atoms with Crippen molar-refractivity contribution < 1.29 is 9.47 Å². The van der Waals surface area contributed by atoms with Crippen molar-refractivity contribution in [2.45, 2.75) is 25.0 Å². The van der Waals surface area contributed by atoms with Crippen molar-refractivity contribution in [3.8, 4) is 11.5 Å². The summed E-state index contributed by atoms with van der Waals surface area (Å²) in [6.07, 6.45) is 4.58. The van der Waals surface area contributed by atoms with Crippen molar-refractivity contribution in [1.82, 2.24) is 5.32 Å². The summed E-state index contributed by atoms with van der Waals surface area (Å²) in [4.78, 5) is 0. The number of fused-ring (bicyclic) bond motifs is 1. The molecule has 0 spiro atoms. The van der Waals surface area contributed by atoms with Gasteiger partial charge in [-0.1, -0.05) is 0 Å². The second-order valence-electron chi connectivity index (χ2n) is 4.50. The van der Waals surface area contributed by atoms with Crippen LogP contribution in [0.2, 0.25) is 0 Å². The van der Waals surface area contributed by atoms with Crippen LogP contribution in [0.25, 0.3) is 0 Å². The van der Waals surface area contributed by atoms with Crippen LogP contribution in [0.1, 0.15) is 24.4 Å². The van der Waals surface area contributed by atoms with Crippen molar-refractivity contribution in [1.29, 1.82) is 0 Å². The average molecular weight is 267 g/mol. The zero-order valence-electron chi connectivity index (χ0n) is 11.2. The fourth-order valence-electron chi connectivity index (χ4n) is 2.35. The van der Waals surface area contributed by atoms with Crippen LogP contribution in [0.4, 0.5) is 0 Å². The number of nitrogens with one attached hydrogen (secondary N) is 1. The molecule has 2 unspecified atom stereocenters. The van der Waals surface area contributed by atoms with E-state index in [1.807, 2.05) is 30.9 Å². The first kappa shape index (κ1) is 13.6. The quantitative estimate of drug-likeness (QED) is 0.888. The van der Waals surface area contributed by atoms with Crippen molar-refractivity contribution in [3.63, 3.8) is 0 Å². The molecule has 1 heterocycles. The van der Waals surface area contributed by atoms with Gasteiger partial charge in [-0.05, 0) is 43.7 Å². The molecule has 0 saturated carbocycles. The zero-order valence-corrected chi connectivity index (χ0v) is 12.0. The molecule has 0 aliphatic carbocycles. The molecule has 0 bridgehead atoms. The Morgan fingerprint density at radius 3 is 3.00 bits per heavy atom. The molecule has 18 heavy (non-hydrogen) atoms. The molecule has 100 valence electrons. The number of hydrogen-bond donors (Lipinski definition) is 1. The Balaban J connectivity index is 2.18. The molecule has 0 fully saturated rings. The van der Waals surface area contributed by atoms with Gasteiger partial charge in [-0.3, -0.25) is 0 Å². The summed E-state index contributed by atoms with van der Waals surface area (Å²) in [5.74, 6) is 3.03. The lowest BCUT2D eigenvalue weighted by Crippen LogP contribution is -2.31. The van der Waals surface area contributed by atoms with E-state index in [9.17, 15) is 0 Å². The van der Waals surface area contributed by atoms with Crippen LogP contribution >= 0.6 is 11.8 Å². The first-order valence-corrected chi connectivity index (χ1v) is 7.68. The smallest absolute Gasteiger partial charge is 0.124 e. The molecule has 0 amide bonds. The maximum absolute atomic E-state index is 6.06. The second kappa shape index (κ2) is 6.34. The first-order valence-electron chi connectivity index (χ1n) is 6.29. The van der Waals surface area contributed by atoms with Crippen molar-refractivity contribution in [2.24, 2.45) is 0 Å². The number of methoxy groups -OCH3 is 1. The van der Waals surface area contributed by atoms with E-state index < -0.39 is 0 Å². The molecule has 0 radical (unpaired) electrons. The number of benzene rings is 1. The van der Waals surface area contributed by atoms with Crippen LogP contribution in [0.3, 0.4) is 0 Å². The van der Waals surface area contributed by atoms with Gasteiger partial charge in [0.2, 0.25) is 0 Å². The van der Waals surface area contributed by atoms with E-state index in [1.165, 1.54) is 5.56 Å². The molecule has 0 aromatic heterocycles. The second-order valence-corrected chi connectivity index (χ2v) is 5.49. The Morgan fingerprint density at radius 1 is 1.50 bits per heavy atom. The fraction of sp³-hybridized carbons (Fsp3) is 0.571. The van der Waals surface area contributed by atoms with E-state index in [0.717, 1.165) is 30.1 Å². The molecule has 1 aromatic carbocycles. The third-order valence-corrected chi connectivity index (χ3v) is 4.02. The van der Waals surface area contributed by atoms with E-state index >= 15 is 0 Å². The molecule has 2 rings (SSSR count). The summed E-state index contributed by atoms with van der Waals surface area (Å²) in [6, 6.07) is 6.41. The van der Waals surface area contributed by atoms with Crippen LogP contribution in [-0.2, 0) is 0 Å². The number of rotatable bonds is 5. The number of hydrogen-bond acceptors (Lipinski definition) is 4. The highest BCUT2D eigenvalue weighted by molar-refractivity contribution is 7.98. The summed E-state index contributed by atoms with van der Waals surface area (Å²) in [7, 11) is 3.70. The topological polar surface area (TPSA) is 30.5 Å². The summed E-state index contributed by atoms with van der Waals surface area (Å²) in [5.41, 5.74) is 1.21. The van der Waals surface area contributed by atoms with E-state index in [4.69, 9.17) is 9.47 Å². The Hall–Kier alpha value is -0.870.